The topological polar surface area (TPSA) is 82.1 Å². The molecule has 5 heterocycles. The first-order valence-electron chi connectivity index (χ1n) is 15.1. The number of nitrogens with one attached hydrogen (secondary N) is 1. The van der Waals surface area contributed by atoms with Gasteiger partial charge in [-0.1, -0.05) is 26.8 Å². The lowest BCUT2D eigenvalue weighted by Gasteiger charge is -2.29. The van der Waals surface area contributed by atoms with Crippen molar-refractivity contribution in [3.05, 3.63) is 77.5 Å². The maximum absolute atomic E-state index is 9.72. The molecule has 1 aliphatic heterocycles. The summed E-state index contributed by atoms with van der Waals surface area (Å²) in [5.74, 6) is 3.03. The molecule has 0 bridgehead atoms. The van der Waals surface area contributed by atoms with Gasteiger partial charge in [-0.2, -0.15) is 10.4 Å². The van der Waals surface area contributed by atoms with Crippen LogP contribution in [0.3, 0.4) is 0 Å². The van der Waals surface area contributed by atoms with E-state index in [0.717, 1.165) is 67.1 Å². The molecule has 1 N–H and O–H groups in total. The van der Waals surface area contributed by atoms with Crippen LogP contribution in [0.1, 0.15) is 69.3 Å². The van der Waals surface area contributed by atoms with E-state index in [4.69, 9.17) is 4.98 Å². The quantitative estimate of drug-likeness (QED) is 0.268. The van der Waals surface area contributed by atoms with Gasteiger partial charge in [0, 0.05) is 60.6 Å². The summed E-state index contributed by atoms with van der Waals surface area (Å²) in [6.45, 7) is 12.0. The van der Waals surface area contributed by atoms with E-state index in [-0.39, 0.29) is 5.54 Å². The van der Waals surface area contributed by atoms with E-state index in [1.165, 1.54) is 24.0 Å². The van der Waals surface area contributed by atoms with Crippen molar-refractivity contribution < 1.29 is 0 Å². The van der Waals surface area contributed by atoms with Crippen LogP contribution in [-0.4, -0.2) is 38.2 Å². The van der Waals surface area contributed by atoms with Gasteiger partial charge in [0.25, 0.3) is 0 Å². The van der Waals surface area contributed by atoms with Crippen molar-refractivity contribution in [1.29, 1.82) is 5.26 Å². The van der Waals surface area contributed by atoms with E-state index in [2.05, 4.69) is 90.6 Å². The molecule has 2 unspecified atom stereocenters. The molecular formula is C34H41N7. The fraction of sp³-hybridized carbons (Fsp3) is 0.471. The van der Waals surface area contributed by atoms with Crippen molar-refractivity contribution in [3.63, 3.8) is 0 Å². The SMILES string of the molecule is CCc1ccc(CNC2(C)CC3CN(c4ccc(-c5cc(CCC(C)C)cn6ncc(C#N)c56)cn4)CC3C2)cn1. The average Bonchev–Trinajstić information content (AvgIpc) is 3.66. The Morgan fingerprint density at radius 1 is 1.05 bits per heavy atom. The molecule has 1 aliphatic carbocycles. The van der Waals surface area contributed by atoms with Crippen molar-refractivity contribution in [1.82, 2.24) is 24.9 Å². The second-order valence-corrected chi connectivity index (χ2v) is 12.8. The molecule has 4 aromatic heterocycles. The molecule has 2 aliphatic rings. The van der Waals surface area contributed by atoms with Gasteiger partial charge in [-0.3, -0.25) is 4.98 Å². The molecule has 6 rings (SSSR count). The number of hydrogen-bond acceptors (Lipinski definition) is 6. The minimum Gasteiger partial charge on any atom is -0.356 e. The minimum atomic E-state index is 0.164. The molecule has 0 radical (unpaired) electrons. The first-order chi connectivity index (χ1) is 19.8. The Bertz CT molecular complexity index is 1530. The molecule has 2 atom stereocenters. The van der Waals surface area contributed by atoms with Crippen LogP contribution in [0.2, 0.25) is 0 Å². The molecule has 0 amide bonds. The number of hydrogen-bond donors (Lipinski definition) is 1. The average molecular weight is 548 g/mol. The van der Waals surface area contributed by atoms with Gasteiger partial charge >= 0.3 is 0 Å². The standard InChI is InChI=1S/C34H41N7/c1-5-30-10-8-25(16-36-30)17-38-34(4)13-27-21-40(22-28(27)14-34)32-11-9-26(18-37-32)31-12-24(7-6-23(2)3)20-41-33(31)29(15-35)19-39-41/h8-12,16,18-20,23,27-28,38H,5-7,13-14,17,21-22H2,1-4H3. The Morgan fingerprint density at radius 2 is 1.85 bits per heavy atom. The zero-order valence-corrected chi connectivity index (χ0v) is 24.8. The molecular weight excluding hydrogens is 506 g/mol. The van der Waals surface area contributed by atoms with Gasteiger partial charge in [0.2, 0.25) is 0 Å². The Morgan fingerprint density at radius 3 is 2.49 bits per heavy atom. The van der Waals surface area contributed by atoms with Crippen molar-refractivity contribution in [3.8, 4) is 17.2 Å². The van der Waals surface area contributed by atoms with Crippen LogP contribution in [0.5, 0.6) is 0 Å². The third-order valence-corrected chi connectivity index (χ3v) is 9.15. The zero-order valence-electron chi connectivity index (χ0n) is 24.8. The van der Waals surface area contributed by atoms with Crippen molar-refractivity contribution in [2.24, 2.45) is 17.8 Å². The predicted molar refractivity (Wildman–Crippen MR) is 164 cm³/mol. The first kappa shape index (κ1) is 27.4. The third kappa shape index (κ3) is 5.71. The van der Waals surface area contributed by atoms with Crippen LogP contribution in [0.15, 0.2) is 55.1 Å². The van der Waals surface area contributed by atoms with Gasteiger partial charge < -0.3 is 10.2 Å². The van der Waals surface area contributed by atoms with E-state index in [1.807, 2.05) is 16.9 Å². The normalized spacial score (nSPS) is 22.0. The summed E-state index contributed by atoms with van der Waals surface area (Å²) in [5.41, 5.74) is 7.31. The van der Waals surface area contributed by atoms with Crippen LogP contribution < -0.4 is 10.2 Å². The summed E-state index contributed by atoms with van der Waals surface area (Å²) in [5, 5.41) is 18.1. The minimum absolute atomic E-state index is 0.164. The molecule has 0 spiro atoms. The zero-order chi connectivity index (χ0) is 28.6. The number of rotatable bonds is 9. The van der Waals surface area contributed by atoms with Crippen molar-refractivity contribution in [2.75, 3.05) is 18.0 Å². The third-order valence-electron chi connectivity index (χ3n) is 9.15. The van der Waals surface area contributed by atoms with E-state index < -0.39 is 0 Å². The Balaban J connectivity index is 1.13. The molecule has 7 heteroatoms. The molecule has 0 aromatic carbocycles. The van der Waals surface area contributed by atoms with Crippen LogP contribution >= 0.6 is 0 Å². The fourth-order valence-corrected chi connectivity index (χ4v) is 6.86. The molecule has 4 aromatic rings. The van der Waals surface area contributed by atoms with Gasteiger partial charge in [-0.15, -0.1) is 0 Å². The van der Waals surface area contributed by atoms with E-state index >= 15 is 0 Å². The summed E-state index contributed by atoms with van der Waals surface area (Å²) < 4.78 is 1.86. The summed E-state index contributed by atoms with van der Waals surface area (Å²) >= 11 is 0. The van der Waals surface area contributed by atoms with E-state index in [1.54, 1.807) is 6.20 Å². The Labute approximate surface area is 243 Å². The molecule has 1 saturated carbocycles. The lowest BCUT2D eigenvalue weighted by molar-refractivity contribution is 0.341. The Kier molecular flexibility index (Phi) is 7.52. The first-order valence-corrected chi connectivity index (χ1v) is 15.1. The molecule has 212 valence electrons. The highest BCUT2D eigenvalue weighted by Crippen LogP contribution is 2.45. The van der Waals surface area contributed by atoms with Gasteiger partial charge in [0.05, 0.1) is 17.3 Å². The summed E-state index contributed by atoms with van der Waals surface area (Å²) in [7, 11) is 0. The van der Waals surface area contributed by atoms with Crippen LogP contribution in [-0.2, 0) is 19.4 Å². The van der Waals surface area contributed by atoms with Gasteiger partial charge in [-0.05, 0) is 92.2 Å². The molecule has 2 fully saturated rings. The molecule has 41 heavy (non-hydrogen) atoms. The van der Waals surface area contributed by atoms with Crippen molar-refractivity contribution in [2.45, 2.75) is 71.9 Å². The highest BCUT2D eigenvalue weighted by Gasteiger charge is 2.46. The molecule has 1 saturated heterocycles. The fourth-order valence-electron chi connectivity index (χ4n) is 6.86. The maximum Gasteiger partial charge on any atom is 0.128 e. The van der Waals surface area contributed by atoms with Gasteiger partial charge in [0.1, 0.15) is 11.9 Å². The second kappa shape index (κ2) is 11.3. The van der Waals surface area contributed by atoms with Crippen LogP contribution in [0, 0.1) is 29.1 Å². The summed E-state index contributed by atoms with van der Waals surface area (Å²) in [6, 6.07) is 13.2. The second-order valence-electron chi connectivity index (χ2n) is 12.8. The monoisotopic (exact) mass is 547 g/mol. The number of pyridine rings is 3. The highest BCUT2D eigenvalue weighted by molar-refractivity contribution is 5.84. The van der Waals surface area contributed by atoms with Crippen LogP contribution in [0.25, 0.3) is 16.6 Å². The predicted octanol–water partition coefficient (Wildman–Crippen LogP) is 6.21. The van der Waals surface area contributed by atoms with Gasteiger partial charge in [0.15, 0.2) is 0 Å². The summed E-state index contributed by atoms with van der Waals surface area (Å²) in [6.07, 6.45) is 13.2. The number of fused-ring (bicyclic) bond motifs is 2. The maximum atomic E-state index is 9.72. The number of nitrogens with zero attached hydrogens (tertiary/aromatic N) is 6. The molecule has 7 nitrogen and oxygen atoms in total. The van der Waals surface area contributed by atoms with E-state index in [9.17, 15) is 5.26 Å². The summed E-state index contributed by atoms with van der Waals surface area (Å²) in [4.78, 5) is 11.9. The smallest absolute Gasteiger partial charge is 0.128 e. The van der Waals surface area contributed by atoms with Gasteiger partial charge in [-0.25, -0.2) is 9.50 Å². The van der Waals surface area contributed by atoms with Crippen molar-refractivity contribution >= 4 is 11.3 Å². The number of anilines is 1. The van der Waals surface area contributed by atoms with Crippen LogP contribution in [0.4, 0.5) is 5.82 Å². The van der Waals surface area contributed by atoms with E-state index in [0.29, 0.717) is 23.3 Å². The number of aromatic nitrogens is 4. The number of nitriles is 1. The highest BCUT2D eigenvalue weighted by atomic mass is 15.2. The largest absolute Gasteiger partial charge is 0.356 e. The number of aryl methyl sites for hydroxylation is 2. The lowest BCUT2D eigenvalue weighted by Crippen LogP contribution is -2.41. The Hall–Kier alpha value is -3.76. The lowest BCUT2D eigenvalue weighted by atomic mass is 9.97.